The lowest BCUT2D eigenvalue weighted by Gasteiger charge is -2.08. The van der Waals surface area contributed by atoms with E-state index in [0.717, 1.165) is 11.3 Å². The molecule has 0 saturated heterocycles. The monoisotopic (exact) mass is 349 g/mol. The van der Waals surface area contributed by atoms with Gasteiger partial charge in [-0.15, -0.1) is 11.3 Å². The third-order valence-electron chi connectivity index (χ3n) is 1.61. The molecule has 1 heterocycles. The first-order chi connectivity index (χ1) is 7.36. The van der Waals surface area contributed by atoms with Crippen molar-refractivity contribution in [1.82, 2.24) is 4.72 Å². The SMILES string of the molecule is O=S(=O)(NCC(O)CO)c1cc(Cl)c(Br)s1. The highest BCUT2D eigenvalue weighted by atomic mass is 79.9. The minimum absolute atomic E-state index is 0.0505. The van der Waals surface area contributed by atoms with Gasteiger partial charge in [-0.05, 0) is 22.0 Å². The number of halogens is 2. The molecule has 0 aliphatic carbocycles. The number of thiophene rings is 1. The minimum atomic E-state index is -3.68. The normalized spacial score (nSPS) is 14.0. The van der Waals surface area contributed by atoms with Crippen LogP contribution in [0.5, 0.6) is 0 Å². The fraction of sp³-hybridized carbons (Fsp3) is 0.429. The molecule has 1 rings (SSSR count). The van der Waals surface area contributed by atoms with Crippen LogP contribution >= 0.6 is 38.9 Å². The maximum Gasteiger partial charge on any atom is 0.250 e. The minimum Gasteiger partial charge on any atom is -0.394 e. The van der Waals surface area contributed by atoms with Gasteiger partial charge in [-0.3, -0.25) is 0 Å². The summed E-state index contributed by atoms with van der Waals surface area (Å²) in [4.78, 5) is 0. The van der Waals surface area contributed by atoms with Crippen LogP contribution in [-0.2, 0) is 10.0 Å². The molecular weight excluding hydrogens is 342 g/mol. The average Bonchev–Trinajstić information content (AvgIpc) is 2.56. The topological polar surface area (TPSA) is 86.6 Å². The Morgan fingerprint density at radius 2 is 2.25 bits per heavy atom. The van der Waals surface area contributed by atoms with Crippen molar-refractivity contribution in [3.63, 3.8) is 0 Å². The van der Waals surface area contributed by atoms with Crippen molar-refractivity contribution < 1.29 is 18.6 Å². The Morgan fingerprint density at radius 1 is 1.62 bits per heavy atom. The van der Waals surface area contributed by atoms with Crippen LogP contribution in [0.15, 0.2) is 14.1 Å². The molecule has 1 atom stereocenters. The van der Waals surface area contributed by atoms with E-state index in [0.29, 0.717) is 8.81 Å². The van der Waals surface area contributed by atoms with Crippen molar-refractivity contribution in [1.29, 1.82) is 0 Å². The Bertz CT molecular complexity index is 441. The van der Waals surface area contributed by atoms with Gasteiger partial charge in [0, 0.05) is 6.54 Å². The molecule has 0 radical (unpaired) electrons. The average molecular weight is 351 g/mol. The molecule has 16 heavy (non-hydrogen) atoms. The van der Waals surface area contributed by atoms with E-state index in [4.69, 9.17) is 21.8 Å². The van der Waals surface area contributed by atoms with E-state index in [-0.39, 0.29) is 10.8 Å². The van der Waals surface area contributed by atoms with Gasteiger partial charge in [0.05, 0.1) is 21.5 Å². The van der Waals surface area contributed by atoms with Crippen LogP contribution in [0.4, 0.5) is 0 Å². The lowest BCUT2D eigenvalue weighted by atomic mass is 10.4. The van der Waals surface area contributed by atoms with Gasteiger partial charge in [-0.1, -0.05) is 11.6 Å². The zero-order valence-electron chi connectivity index (χ0n) is 7.85. The van der Waals surface area contributed by atoms with Gasteiger partial charge in [-0.2, -0.15) is 0 Å². The molecule has 0 aliphatic rings. The molecular formula is C7H9BrClNO4S2. The summed E-state index contributed by atoms with van der Waals surface area (Å²) in [5, 5.41) is 17.9. The molecule has 0 aromatic carbocycles. The molecule has 1 unspecified atom stereocenters. The molecule has 0 saturated carbocycles. The van der Waals surface area contributed by atoms with E-state index in [9.17, 15) is 8.42 Å². The fourth-order valence-electron chi connectivity index (χ4n) is 0.801. The number of nitrogens with one attached hydrogen (secondary N) is 1. The van der Waals surface area contributed by atoms with E-state index in [1.807, 2.05) is 0 Å². The summed E-state index contributed by atoms with van der Waals surface area (Å²) in [5.74, 6) is 0. The van der Waals surface area contributed by atoms with Crippen molar-refractivity contribution in [2.45, 2.75) is 10.3 Å². The third-order valence-corrected chi connectivity index (χ3v) is 5.98. The van der Waals surface area contributed by atoms with Crippen molar-refractivity contribution in [3.8, 4) is 0 Å². The second-order valence-corrected chi connectivity index (χ2v) is 7.65. The number of aliphatic hydroxyl groups excluding tert-OH is 2. The molecule has 92 valence electrons. The van der Waals surface area contributed by atoms with Crippen LogP contribution in [0, 0.1) is 0 Å². The van der Waals surface area contributed by atoms with Gasteiger partial charge in [-0.25, -0.2) is 13.1 Å². The van der Waals surface area contributed by atoms with Gasteiger partial charge in [0.15, 0.2) is 0 Å². The zero-order chi connectivity index (χ0) is 12.3. The lowest BCUT2D eigenvalue weighted by Crippen LogP contribution is -2.33. The van der Waals surface area contributed by atoms with Crippen LogP contribution in [0.2, 0.25) is 5.02 Å². The Balaban J connectivity index is 2.78. The number of aliphatic hydroxyl groups is 2. The summed E-state index contributed by atoms with van der Waals surface area (Å²) in [6.45, 7) is -0.747. The van der Waals surface area contributed by atoms with Crippen LogP contribution in [-0.4, -0.2) is 37.9 Å². The lowest BCUT2D eigenvalue weighted by molar-refractivity contribution is 0.0988. The van der Waals surface area contributed by atoms with Crippen LogP contribution in [0.3, 0.4) is 0 Å². The van der Waals surface area contributed by atoms with Gasteiger partial charge in [0.25, 0.3) is 0 Å². The summed E-state index contributed by atoms with van der Waals surface area (Å²) in [7, 11) is -3.68. The standard InChI is InChI=1S/C7H9BrClNO4S2/c8-7-5(9)1-6(15-7)16(13,14)10-2-4(12)3-11/h1,4,10-12H,2-3H2. The molecule has 5 nitrogen and oxygen atoms in total. The van der Waals surface area contributed by atoms with E-state index < -0.39 is 22.7 Å². The quantitative estimate of drug-likeness (QED) is 0.733. The van der Waals surface area contributed by atoms with E-state index in [1.165, 1.54) is 6.07 Å². The second-order valence-electron chi connectivity index (χ2n) is 2.88. The summed E-state index contributed by atoms with van der Waals surface area (Å²) in [6.07, 6.45) is -1.12. The van der Waals surface area contributed by atoms with E-state index >= 15 is 0 Å². The van der Waals surface area contributed by atoms with Crippen LogP contribution < -0.4 is 4.72 Å². The maximum atomic E-state index is 11.6. The Hall–Kier alpha value is 0.300. The van der Waals surface area contributed by atoms with Crippen molar-refractivity contribution in [3.05, 3.63) is 14.9 Å². The molecule has 1 aromatic rings. The Kier molecular flexibility index (Phi) is 5.17. The van der Waals surface area contributed by atoms with Crippen molar-refractivity contribution in [2.75, 3.05) is 13.2 Å². The summed E-state index contributed by atoms with van der Waals surface area (Å²) < 4.78 is 26.0. The first-order valence-corrected chi connectivity index (χ1v) is 7.57. The smallest absolute Gasteiger partial charge is 0.250 e. The Labute approximate surface area is 110 Å². The molecule has 0 amide bonds. The maximum absolute atomic E-state index is 11.6. The molecule has 0 aliphatic heterocycles. The second kappa shape index (κ2) is 5.76. The first kappa shape index (κ1) is 14.4. The molecule has 3 N–H and O–H groups in total. The van der Waals surface area contributed by atoms with Gasteiger partial charge in [0.2, 0.25) is 10.0 Å². The van der Waals surface area contributed by atoms with Crippen LogP contribution in [0.25, 0.3) is 0 Å². The van der Waals surface area contributed by atoms with E-state index in [2.05, 4.69) is 20.7 Å². The van der Waals surface area contributed by atoms with Crippen LogP contribution in [0.1, 0.15) is 0 Å². The van der Waals surface area contributed by atoms with Crippen molar-refractivity contribution in [2.24, 2.45) is 0 Å². The highest BCUT2D eigenvalue weighted by Crippen LogP contribution is 2.34. The molecule has 9 heteroatoms. The first-order valence-electron chi connectivity index (χ1n) is 4.10. The molecule has 0 bridgehead atoms. The molecule has 0 spiro atoms. The largest absolute Gasteiger partial charge is 0.394 e. The predicted octanol–water partition coefficient (Wildman–Crippen LogP) is 0.795. The third kappa shape index (κ3) is 3.66. The highest BCUT2D eigenvalue weighted by Gasteiger charge is 2.19. The van der Waals surface area contributed by atoms with Crippen molar-refractivity contribution >= 4 is 48.9 Å². The summed E-state index contributed by atoms with van der Waals surface area (Å²) in [5.41, 5.74) is 0. The summed E-state index contributed by atoms with van der Waals surface area (Å²) in [6, 6.07) is 1.31. The number of sulfonamides is 1. The predicted molar refractivity (Wildman–Crippen MR) is 65.3 cm³/mol. The summed E-state index contributed by atoms with van der Waals surface area (Å²) >= 11 is 9.79. The number of rotatable bonds is 5. The van der Waals surface area contributed by atoms with Gasteiger partial charge < -0.3 is 10.2 Å². The zero-order valence-corrected chi connectivity index (χ0v) is 11.8. The number of hydrogen-bond acceptors (Lipinski definition) is 5. The highest BCUT2D eigenvalue weighted by molar-refractivity contribution is 9.11. The van der Waals surface area contributed by atoms with E-state index in [1.54, 1.807) is 0 Å². The fourth-order valence-corrected chi connectivity index (χ4v) is 4.32. The Morgan fingerprint density at radius 3 is 2.69 bits per heavy atom. The molecule has 1 aromatic heterocycles. The molecule has 0 fully saturated rings. The van der Waals surface area contributed by atoms with Gasteiger partial charge >= 0.3 is 0 Å². The van der Waals surface area contributed by atoms with Gasteiger partial charge in [0.1, 0.15) is 4.21 Å². The number of hydrogen-bond donors (Lipinski definition) is 3.